The molecular weight excluding hydrogens is 346 g/mol. The Kier molecular flexibility index (Phi) is 4.58. The fourth-order valence-electron chi connectivity index (χ4n) is 3.15. The minimum Gasteiger partial charge on any atom is -0.314 e. The molecule has 1 aliphatic heterocycles. The molecule has 0 aliphatic carbocycles. The van der Waals surface area contributed by atoms with Gasteiger partial charge in [-0.05, 0) is 24.5 Å². The van der Waals surface area contributed by atoms with E-state index in [1.165, 1.54) is 4.90 Å². The third kappa shape index (κ3) is 3.05. The summed E-state index contributed by atoms with van der Waals surface area (Å²) in [5.74, 6) is 1.46. The summed E-state index contributed by atoms with van der Waals surface area (Å²) in [5.41, 5.74) is 4.06. The van der Waals surface area contributed by atoms with Crippen LogP contribution in [0.2, 0.25) is 0 Å². The average Bonchev–Trinajstić information content (AvgIpc) is 2.96. The maximum Gasteiger partial charge on any atom is 0.159 e. The third-order valence-electron chi connectivity index (χ3n) is 4.29. The number of rotatable bonds is 4. The number of hydrogen-bond acceptors (Lipinski definition) is 6. The highest BCUT2D eigenvalue weighted by Crippen LogP contribution is 2.29. The fourth-order valence-corrected chi connectivity index (χ4v) is 3.59. The van der Waals surface area contributed by atoms with Gasteiger partial charge >= 0.3 is 0 Å². The molecule has 132 valence electrons. The number of fused-ring (bicyclic) bond motifs is 3. The largest absolute Gasteiger partial charge is 0.314 e. The Hall–Kier alpha value is -2.48. The zero-order valence-electron chi connectivity index (χ0n) is 14.6. The molecule has 2 heterocycles. The van der Waals surface area contributed by atoms with Crippen LogP contribution in [0, 0.1) is 0 Å². The van der Waals surface area contributed by atoms with Crippen LogP contribution < -0.4 is 0 Å². The van der Waals surface area contributed by atoms with Crippen LogP contribution in [-0.2, 0) is 13.1 Å². The summed E-state index contributed by atoms with van der Waals surface area (Å²) in [6.07, 6.45) is 2.06. The summed E-state index contributed by atoms with van der Waals surface area (Å²) in [5, 5.41) is 19.3. The molecule has 0 atom stereocenters. The molecule has 6 nitrogen and oxygen atoms in total. The second kappa shape index (κ2) is 7.03. The van der Waals surface area contributed by atoms with Crippen LogP contribution >= 0.6 is 11.8 Å². The Morgan fingerprint density at radius 2 is 1.96 bits per heavy atom. The molecule has 7 heteroatoms. The molecule has 0 fully saturated rings. The molecule has 0 spiro atoms. The molecule has 3 aromatic rings. The van der Waals surface area contributed by atoms with Crippen LogP contribution in [0.25, 0.3) is 5.69 Å². The SMILES string of the molecule is CSc1ccc2c(c1)C(c1ccccc1)=NCc1nnc(CN(C)O)n1-2. The van der Waals surface area contributed by atoms with E-state index in [0.717, 1.165) is 33.4 Å². The van der Waals surface area contributed by atoms with E-state index in [9.17, 15) is 5.21 Å². The van der Waals surface area contributed by atoms with Crippen molar-refractivity contribution in [3.8, 4) is 5.69 Å². The molecule has 1 aliphatic rings. The predicted molar refractivity (Wildman–Crippen MR) is 102 cm³/mol. The lowest BCUT2D eigenvalue weighted by Crippen LogP contribution is -2.17. The lowest BCUT2D eigenvalue weighted by atomic mass is 10.0. The van der Waals surface area contributed by atoms with Gasteiger partial charge in [0.25, 0.3) is 0 Å². The molecule has 4 rings (SSSR count). The van der Waals surface area contributed by atoms with Crippen molar-refractivity contribution < 1.29 is 5.21 Å². The molecule has 0 saturated heterocycles. The lowest BCUT2D eigenvalue weighted by molar-refractivity contribution is -0.0754. The number of thioether (sulfide) groups is 1. The van der Waals surface area contributed by atoms with E-state index in [2.05, 4.69) is 46.8 Å². The Labute approximate surface area is 156 Å². The van der Waals surface area contributed by atoms with Gasteiger partial charge in [-0.3, -0.25) is 9.56 Å². The number of hydroxylamine groups is 2. The number of benzene rings is 2. The Bertz CT molecular complexity index is 965. The number of aromatic nitrogens is 3. The standard InChI is InChI=1S/C19H19N5OS/c1-23(25)12-18-22-21-17-11-20-19(13-6-4-3-5-7-13)15-10-14(26-2)8-9-16(15)24(17)18/h3-10,25H,11-12H2,1-2H3. The monoisotopic (exact) mass is 365 g/mol. The number of nitrogens with zero attached hydrogens (tertiary/aromatic N) is 5. The van der Waals surface area contributed by atoms with Crippen LogP contribution in [0.15, 0.2) is 58.4 Å². The summed E-state index contributed by atoms with van der Waals surface area (Å²) >= 11 is 1.70. The highest BCUT2D eigenvalue weighted by Gasteiger charge is 2.23. The molecule has 2 aromatic carbocycles. The van der Waals surface area contributed by atoms with E-state index in [1.54, 1.807) is 18.8 Å². The molecule has 0 radical (unpaired) electrons. The summed E-state index contributed by atoms with van der Waals surface area (Å²) in [6, 6.07) is 16.5. The van der Waals surface area contributed by atoms with Crippen molar-refractivity contribution in [1.29, 1.82) is 0 Å². The van der Waals surface area contributed by atoms with Crippen LogP contribution in [-0.4, -0.2) is 44.1 Å². The van der Waals surface area contributed by atoms with Gasteiger partial charge in [-0.15, -0.1) is 22.0 Å². The first-order chi connectivity index (χ1) is 12.7. The van der Waals surface area contributed by atoms with Gasteiger partial charge < -0.3 is 5.21 Å². The van der Waals surface area contributed by atoms with E-state index < -0.39 is 0 Å². The van der Waals surface area contributed by atoms with Gasteiger partial charge in [-0.25, -0.2) is 0 Å². The van der Waals surface area contributed by atoms with Crippen LogP contribution in [0.5, 0.6) is 0 Å². The van der Waals surface area contributed by atoms with Gasteiger partial charge in [0.1, 0.15) is 6.54 Å². The summed E-state index contributed by atoms with van der Waals surface area (Å²) in [6.45, 7) is 0.729. The smallest absolute Gasteiger partial charge is 0.159 e. The first kappa shape index (κ1) is 17.0. The van der Waals surface area contributed by atoms with Crippen molar-refractivity contribution in [3.05, 3.63) is 71.3 Å². The quantitative estimate of drug-likeness (QED) is 0.568. The molecule has 1 N–H and O–H groups in total. The van der Waals surface area contributed by atoms with Crippen molar-refractivity contribution in [2.45, 2.75) is 18.0 Å². The number of hydrogen-bond donors (Lipinski definition) is 1. The highest BCUT2D eigenvalue weighted by atomic mass is 32.2. The number of aliphatic imine (C=N–C) groups is 1. The van der Waals surface area contributed by atoms with E-state index >= 15 is 0 Å². The van der Waals surface area contributed by atoms with Crippen molar-refractivity contribution in [3.63, 3.8) is 0 Å². The van der Waals surface area contributed by atoms with E-state index in [0.29, 0.717) is 12.4 Å². The highest BCUT2D eigenvalue weighted by molar-refractivity contribution is 7.98. The molecule has 0 bridgehead atoms. The maximum atomic E-state index is 9.68. The predicted octanol–water partition coefficient (Wildman–Crippen LogP) is 3.16. The van der Waals surface area contributed by atoms with Crippen molar-refractivity contribution in [2.75, 3.05) is 13.3 Å². The van der Waals surface area contributed by atoms with Gasteiger partial charge in [0, 0.05) is 23.1 Å². The van der Waals surface area contributed by atoms with Gasteiger partial charge in [-0.1, -0.05) is 30.3 Å². The van der Waals surface area contributed by atoms with E-state index in [1.807, 2.05) is 22.8 Å². The Morgan fingerprint density at radius 3 is 2.69 bits per heavy atom. The first-order valence-electron chi connectivity index (χ1n) is 8.29. The molecule has 0 saturated carbocycles. The first-order valence-corrected chi connectivity index (χ1v) is 9.51. The molecule has 0 amide bonds. The van der Waals surface area contributed by atoms with E-state index in [4.69, 9.17) is 4.99 Å². The maximum absolute atomic E-state index is 9.68. The van der Waals surface area contributed by atoms with Crippen molar-refractivity contribution in [1.82, 2.24) is 19.8 Å². The summed E-state index contributed by atoms with van der Waals surface area (Å²) in [4.78, 5) is 6.02. The zero-order valence-corrected chi connectivity index (χ0v) is 15.4. The molecular formula is C19H19N5OS. The van der Waals surface area contributed by atoms with Gasteiger partial charge in [-0.2, -0.15) is 5.06 Å². The van der Waals surface area contributed by atoms with Crippen molar-refractivity contribution in [2.24, 2.45) is 4.99 Å². The molecule has 26 heavy (non-hydrogen) atoms. The lowest BCUT2D eigenvalue weighted by Gasteiger charge is -2.15. The van der Waals surface area contributed by atoms with Crippen LogP contribution in [0.4, 0.5) is 0 Å². The average molecular weight is 365 g/mol. The van der Waals surface area contributed by atoms with Gasteiger partial charge in [0.05, 0.1) is 17.9 Å². The van der Waals surface area contributed by atoms with Crippen molar-refractivity contribution >= 4 is 17.5 Å². The van der Waals surface area contributed by atoms with Crippen LogP contribution in [0.1, 0.15) is 22.8 Å². The zero-order chi connectivity index (χ0) is 18.1. The minimum absolute atomic E-state index is 0.289. The fraction of sp³-hybridized carbons (Fsp3) is 0.211. The normalized spacial score (nSPS) is 13.2. The minimum atomic E-state index is 0.289. The summed E-state index contributed by atoms with van der Waals surface area (Å²) in [7, 11) is 1.60. The Balaban J connectivity index is 1.94. The Morgan fingerprint density at radius 1 is 1.15 bits per heavy atom. The summed E-state index contributed by atoms with van der Waals surface area (Å²) < 4.78 is 2.01. The second-order valence-electron chi connectivity index (χ2n) is 6.10. The molecule has 0 unspecified atom stereocenters. The van der Waals surface area contributed by atoms with E-state index in [-0.39, 0.29) is 6.54 Å². The van der Waals surface area contributed by atoms with Gasteiger partial charge in [0.15, 0.2) is 11.6 Å². The molecule has 1 aromatic heterocycles. The van der Waals surface area contributed by atoms with Gasteiger partial charge in [0.2, 0.25) is 0 Å². The third-order valence-corrected chi connectivity index (χ3v) is 5.02. The topological polar surface area (TPSA) is 66.5 Å². The van der Waals surface area contributed by atoms with Crippen LogP contribution in [0.3, 0.4) is 0 Å². The second-order valence-corrected chi connectivity index (χ2v) is 6.98.